The highest BCUT2D eigenvalue weighted by atomic mass is 16.5. The standard InChI is InChI=1S/C14H22N2O/c1-10-8-13(17-3)4-5-14(10)16-7-6-12(15)9-11(16)2/h4-5,8,11-12H,6-7,9,15H2,1-3H3. The van der Waals surface area contributed by atoms with E-state index in [0.29, 0.717) is 12.1 Å². The van der Waals surface area contributed by atoms with Crippen molar-refractivity contribution >= 4 is 5.69 Å². The number of anilines is 1. The summed E-state index contributed by atoms with van der Waals surface area (Å²) in [6, 6.07) is 7.16. The number of piperidine rings is 1. The predicted octanol–water partition coefficient (Wildman–Crippen LogP) is 2.32. The molecule has 2 unspecified atom stereocenters. The van der Waals surface area contributed by atoms with Gasteiger partial charge in [0, 0.05) is 24.3 Å². The Kier molecular flexibility index (Phi) is 3.57. The van der Waals surface area contributed by atoms with Crippen molar-refractivity contribution in [1.82, 2.24) is 0 Å². The maximum atomic E-state index is 6.00. The molecular formula is C14H22N2O. The molecule has 2 rings (SSSR count). The second-order valence-electron chi connectivity index (χ2n) is 4.98. The lowest BCUT2D eigenvalue weighted by molar-refractivity contribution is 0.413. The zero-order valence-electron chi connectivity index (χ0n) is 10.9. The van der Waals surface area contributed by atoms with E-state index in [-0.39, 0.29) is 0 Å². The average molecular weight is 234 g/mol. The van der Waals surface area contributed by atoms with Gasteiger partial charge in [-0.15, -0.1) is 0 Å². The number of nitrogens with zero attached hydrogens (tertiary/aromatic N) is 1. The summed E-state index contributed by atoms with van der Waals surface area (Å²) in [6.07, 6.45) is 2.15. The van der Waals surface area contributed by atoms with Crippen LogP contribution in [0.2, 0.25) is 0 Å². The summed E-state index contributed by atoms with van der Waals surface area (Å²) in [5, 5.41) is 0. The van der Waals surface area contributed by atoms with Gasteiger partial charge in [0.2, 0.25) is 0 Å². The van der Waals surface area contributed by atoms with Gasteiger partial charge in [-0.05, 0) is 50.5 Å². The maximum Gasteiger partial charge on any atom is 0.119 e. The normalized spacial score (nSPS) is 24.8. The Morgan fingerprint density at radius 3 is 2.76 bits per heavy atom. The molecule has 0 saturated carbocycles. The van der Waals surface area contributed by atoms with Crippen LogP contribution in [-0.4, -0.2) is 25.7 Å². The number of rotatable bonds is 2. The number of ether oxygens (including phenoxy) is 1. The van der Waals surface area contributed by atoms with Gasteiger partial charge in [0.1, 0.15) is 5.75 Å². The van der Waals surface area contributed by atoms with Gasteiger partial charge in [-0.1, -0.05) is 0 Å². The zero-order chi connectivity index (χ0) is 12.4. The molecule has 0 aromatic heterocycles. The topological polar surface area (TPSA) is 38.5 Å². The van der Waals surface area contributed by atoms with E-state index in [1.807, 2.05) is 6.07 Å². The first-order valence-corrected chi connectivity index (χ1v) is 6.28. The van der Waals surface area contributed by atoms with E-state index in [1.165, 1.54) is 11.3 Å². The first kappa shape index (κ1) is 12.2. The Labute approximate surface area is 104 Å². The van der Waals surface area contributed by atoms with Crippen molar-refractivity contribution in [3.63, 3.8) is 0 Å². The fraction of sp³-hybridized carbons (Fsp3) is 0.571. The van der Waals surface area contributed by atoms with Crippen LogP contribution in [0.3, 0.4) is 0 Å². The Balaban J connectivity index is 2.22. The van der Waals surface area contributed by atoms with Crippen LogP contribution in [0.1, 0.15) is 25.3 Å². The molecule has 3 heteroatoms. The van der Waals surface area contributed by atoms with E-state index >= 15 is 0 Å². The summed E-state index contributed by atoms with van der Waals surface area (Å²) in [6.45, 7) is 5.44. The highest BCUT2D eigenvalue weighted by Crippen LogP contribution is 2.29. The Bertz CT molecular complexity index is 392. The van der Waals surface area contributed by atoms with E-state index in [0.717, 1.165) is 25.1 Å². The molecule has 1 aliphatic heterocycles. The first-order chi connectivity index (χ1) is 8.11. The summed E-state index contributed by atoms with van der Waals surface area (Å²) in [5.41, 5.74) is 8.58. The molecule has 0 spiro atoms. The molecule has 0 bridgehead atoms. The molecule has 1 heterocycles. The quantitative estimate of drug-likeness (QED) is 0.853. The van der Waals surface area contributed by atoms with Crippen LogP contribution < -0.4 is 15.4 Å². The van der Waals surface area contributed by atoms with Crippen molar-refractivity contribution in [2.75, 3.05) is 18.6 Å². The van der Waals surface area contributed by atoms with Crippen molar-refractivity contribution in [2.45, 2.75) is 38.8 Å². The summed E-state index contributed by atoms with van der Waals surface area (Å²) in [4.78, 5) is 2.46. The average Bonchev–Trinajstić information content (AvgIpc) is 2.30. The SMILES string of the molecule is COc1ccc(N2CCC(N)CC2C)c(C)c1. The third-order valence-electron chi connectivity index (χ3n) is 3.63. The van der Waals surface area contributed by atoms with Gasteiger partial charge in [0.15, 0.2) is 0 Å². The Morgan fingerprint density at radius 2 is 2.18 bits per heavy atom. The fourth-order valence-corrected chi connectivity index (χ4v) is 2.64. The van der Waals surface area contributed by atoms with Crippen molar-refractivity contribution in [3.05, 3.63) is 23.8 Å². The van der Waals surface area contributed by atoms with Gasteiger partial charge in [-0.3, -0.25) is 0 Å². The van der Waals surface area contributed by atoms with Crippen LogP contribution in [0.15, 0.2) is 18.2 Å². The number of benzene rings is 1. The van der Waals surface area contributed by atoms with Gasteiger partial charge in [0.05, 0.1) is 7.11 Å². The summed E-state index contributed by atoms with van der Waals surface area (Å²) in [7, 11) is 1.71. The molecule has 1 fully saturated rings. The molecule has 17 heavy (non-hydrogen) atoms. The van der Waals surface area contributed by atoms with E-state index in [2.05, 4.69) is 30.9 Å². The van der Waals surface area contributed by atoms with Crippen LogP contribution in [-0.2, 0) is 0 Å². The van der Waals surface area contributed by atoms with Crippen molar-refractivity contribution in [2.24, 2.45) is 5.73 Å². The minimum atomic E-state index is 0.361. The van der Waals surface area contributed by atoms with Crippen LogP contribution in [0.5, 0.6) is 5.75 Å². The summed E-state index contributed by atoms with van der Waals surface area (Å²) < 4.78 is 5.24. The van der Waals surface area contributed by atoms with Crippen molar-refractivity contribution < 1.29 is 4.74 Å². The number of nitrogens with two attached hydrogens (primary N) is 1. The molecule has 0 aliphatic carbocycles. The molecule has 1 aromatic carbocycles. The largest absolute Gasteiger partial charge is 0.497 e. The van der Waals surface area contributed by atoms with E-state index in [9.17, 15) is 0 Å². The Hall–Kier alpha value is -1.22. The van der Waals surface area contributed by atoms with Crippen LogP contribution in [0.4, 0.5) is 5.69 Å². The highest BCUT2D eigenvalue weighted by molar-refractivity contribution is 5.56. The van der Waals surface area contributed by atoms with Gasteiger partial charge in [-0.2, -0.15) is 0 Å². The molecule has 0 radical (unpaired) electrons. The van der Waals surface area contributed by atoms with Crippen molar-refractivity contribution in [1.29, 1.82) is 0 Å². The van der Waals surface area contributed by atoms with E-state index < -0.39 is 0 Å². The van der Waals surface area contributed by atoms with Crippen LogP contribution in [0, 0.1) is 6.92 Å². The monoisotopic (exact) mass is 234 g/mol. The molecule has 2 N–H and O–H groups in total. The molecular weight excluding hydrogens is 212 g/mol. The third-order valence-corrected chi connectivity index (χ3v) is 3.63. The minimum Gasteiger partial charge on any atom is -0.497 e. The third kappa shape index (κ3) is 2.55. The van der Waals surface area contributed by atoms with Gasteiger partial charge in [-0.25, -0.2) is 0 Å². The van der Waals surface area contributed by atoms with Crippen LogP contribution >= 0.6 is 0 Å². The zero-order valence-corrected chi connectivity index (χ0v) is 10.9. The second kappa shape index (κ2) is 4.96. The number of methoxy groups -OCH3 is 1. The van der Waals surface area contributed by atoms with E-state index in [4.69, 9.17) is 10.5 Å². The maximum absolute atomic E-state index is 6.00. The second-order valence-corrected chi connectivity index (χ2v) is 4.98. The van der Waals surface area contributed by atoms with Crippen molar-refractivity contribution in [3.8, 4) is 5.75 Å². The van der Waals surface area contributed by atoms with Crippen LogP contribution in [0.25, 0.3) is 0 Å². The fourth-order valence-electron chi connectivity index (χ4n) is 2.64. The minimum absolute atomic E-state index is 0.361. The molecule has 94 valence electrons. The van der Waals surface area contributed by atoms with E-state index in [1.54, 1.807) is 7.11 Å². The summed E-state index contributed by atoms with van der Waals surface area (Å²) in [5.74, 6) is 0.924. The number of aryl methyl sites for hydroxylation is 1. The predicted molar refractivity (Wildman–Crippen MR) is 71.7 cm³/mol. The molecule has 1 aromatic rings. The van der Waals surface area contributed by atoms with Gasteiger partial charge < -0.3 is 15.4 Å². The van der Waals surface area contributed by atoms with Gasteiger partial charge in [0.25, 0.3) is 0 Å². The Morgan fingerprint density at radius 1 is 1.41 bits per heavy atom. The lowest BCUT2D eigenvalue weighted by Gasteiger charge is -2.39. The smallest absolute Gasteiger partial charge is 0.119 e. The lowest BCUT2D eigenvalue weighted by atomic mass is 9.97. The molecule has 1 aliphatic rings. The summed E-state index contributed by atoms with van der Waals surface area (Å²) >= 11 is 0. The number of hydrogen-bond donors (Lipinski definition) is 1. The number of hydrogen-bond acceptors (Lipinski definition) is 3. The molecule has 3 nitrogen and oxygen atoms in total. The molecule has 2 atom stereocenters. The molecule has 1 saturated heterocycles. The molecule has 0 amide bonds. The first-order valence-electron chi connectivity index (χ1n) is 6.28. The lowest BCUT2D eigenvalue weighted by Crippen LogP contribution is -2.45. The van der Waals surface area contributed by atoms with Gasteiger partial charge >= 0.3 is 0 Å². The highest BCUT2D eigenvalue weighted by Gasteiger charge is 2.24.